The van der Waals surface area contributed by atoms with Gasteiger partial charge in [0, 0.05) is 58.8 Å². The Balaban J connectivity index is 0.00000341. The number of likely N-dealkylation sites (tertiary alicyclic amines) is 1. The third-order valence-electron chi connectivity index (χ3n) is 5.90. The van der Waals surface area contributed by atoms with Crippen molar-refractivity contribution in [1.82, 2.24) is 20.4 Å². The van der Waals surface area contributed by atoms with Gasteiger partial charge < -0.3 is 25.3 Å². The molecule has 1 atom stereocenters. The number of halogens is 2. The summed E-state index contributed by atoms with van der Waals surface area (Å²) < 4.78 is 14.8. The number of rotatable bonds is 6. The lowest BCUT2D eigenvalue weighted by molar-refractivity contribution is -0.132. The molecule has 3 rings (SSSR count). The number of likely N-dealkylation sites (N-methyl/N-ethyl adjacent to an activating group) is 2. The molecule has 0 radical (unpaired) electrons. The lowest BCUT2D eigenvalue weighted by Gasteiger charge is -2.35. The molecule has 0 saturated carbocycles. The predicted octanol–water partition coefficient (Wildman–Crippen LogP) is 2.26. The Morgan fingerprint density at radius 3 is 2.58 bits per heavy atom. The number of nitrogens with zero attached hydrogens (tertiary/aromatic N) is 4. The smallest absolute Gasteiger partial charge is 0.222 e. The highest BCUT2D eigenvalue weighted by Crippen LogP contribution is 2.22. The van der Waals surface area contributed by atoms with Crippen LogP contribution < -0.4 is 15.5 Å². The molecule has 1 amide bonds. The molecule has 1 unspecified atom stereocenters. The van der Waals surface area contributed by atoms with E-state index in [-0.39, 0.29) is 41.7 Å². The molecular formula is C22H36FIN6O. The largest absolute Gasteiger partial charge is 0.367 e. The van der Waals surface area contributed by atoms with Crippen LogP contribution in [0, 0.1) is 5.82 Å². The van der Waals surface area contributed by atoms with Crippen molar-refractivity contribution in [2.45, 2.75) is 39.3 Å². The number of nitrogens with one attached hydrogen (secondary N) is 2. The standard InChI is InChI=1S/C22H35FN6O.HI/c1-4-24-22(26-18-7-9-21(30)27(3)16-18)25-15-17-6-8-20(19(23)14-17)29-12-10-28(5-2)11-13-29;/h6,8,14,18H,4-5,7,9-13,15-16H2,1-3H3,(H2,24,25,26);1H. The van der Waals surface area contributed by atoms with Gasteiger partial charge in [0.05, 0.1) is 12.2 Å². The molecule has 2 fully saturated rings. The summed E-state index contributed by atoms with van der Waals surface area (Å²) in [7, 11) is 1.83. The van der Waals surface area contributed by atoms with Crippen LogP contribution in [-0.4, -0.2) is 80.6 Å². The van der Waals surface area contributed by atoms with Crippen LogP contribution in [0.4, 0.5) is 10.1 Å². The summed E-state index contributed by atoms with van der Waals surface area (Å²) in [5.41, 5.74) is 1.52. The molecule has 31 heavy (non-hydrogen) atoms. The van der Waals surface area contributed by atoms with Crippen molar-refractivity contribution in [3.8, 4) is 0 Å². The zero-order chi connectivity index (χ0) is 21.5. The molecule has 0 aromatic heterocycles. The van der Waals surface area contributed by atoms with Crippen molar-refractivity contribution in [2.75, 3.05) is 57.8 Å². The van der Waals surface area contributed by atoms with Gasteiger partial charge in [0.2, 0.25) is 5.91 Å². The summed E-state index contributed by atoms with van der Waals surface area (Å²) in [5, 5.41) is 6.65. The highest BCUT2D eigenvalue weighted by Gasteiger charge is 2.23. The van der Waals surface area contributed by atoms with Crippen LogP contribution in [0.1, 0.15) is 32.3 Å². The molecular weight excluding hydrogens is 510 g/mol. The first-order chi connectivity index (χ1) is 14.5. The van der Waals surface area contributed by atoms with Gasteiger partial charge in [-0.05, 0) is 37.6 Å². The number of piperidine rings is 1. The maximum Gasteiger partial charge on any atom is 0.222 e. The number of carbonyl (C=O) groups is 1. The fraction of sp³-hybridized carbons (Fsp3) is 0.636. The van der Waals surface area contributed by atoms with Crippen molar-refractivity contribution in [2.24, 2.45) is 4.99 Å². The fourth-order valence-corrected chi connectivity index (χ4v) is 4.02. The first-order valence-corrected chi connectivity index (χ1v) is 11.0. The maximum absolute atomic E-state index is 14.8. The third kappa shape index (κ3) is 7.20. The summed E-state index contributed by atoms with van der Waals surface area (Å²) in [6, 6.07) is 5.61. The van der Waals surface area contributed by atoms with E-state index in [4.69, 9.17) is 0 Å². The van der Waals surface area contributed by atoms with Gasteiger partial charge in [-0.25, -0.2) is 9.38 Å². The third-order valence-corrected chi connectivity index (χ3v) is 5.90. The zero-order valence-corrected chi connectivity index (χ0v) is 21.2. The number of piperazine rings is 1. The quantitative estimate of drug-likeness (QED) is 0.326. The number of aliphatic imine (C=N–C) groups is 1. The maximum atomic E-state index is 14.8. The average molecular weight is 546 g/mol. The van der Waals surface area contributed by atoms with Gasteiger partial charge in [0.25, 0.3) is 0 Å². The van der Waals surface area contributed by atoms with Crippen LogP contribution in [0.2, 0.25) is 0 Å². The number of anilines is 1. The molecule has 1 aromatic carbocycles. The van der Waals surface area contributed by atoms with E-state index < -0.39 is 0 Å². The molecule has 0 aliphatic carbocycles. The Morgan fingerprint density at radius 2 is 1.97 bits per heavy atom. The van der Waals surface area contributed by atoms with Gasteiger partial charge in [-0.2, -0.15) is 0 Å². The zero-order valence-electron chi connectivity index (χ0n) is 18.9. The molecule has 0 spiro atoms. The monoisotopic (exact) mass is 546 g/mol. The van der Waals surface area contributed by atoms with Gasteiger partial charge in [-0.3, -0.25) is 4.79 Å². The van der Waals surface area contributed by atoms with Crippen LogP contribution in [0.25, 0.3) is 0 Å². The van der Waals surface area contributed by atoms with Gasteiger partial charge in [-0.15, -0.1) is 24.0 Å². The number of hydrogen-bond acceptors (Lipinski definition) is 4. The molecule has 2 aliphatic heterocycles. The second-order valence-corrected chi connectivity index (χ2v) is 8.06. The molecule has 9 heteroatoms. The van der Waals surface area contributed by atoms with Crippen molar-refractivity contribution < 1.29 is 9.18 Å². The summed E-state index contributed by atoms with van der Waals surface area (Å²) in [5.74, 6) is 0.699. The second-order valence-electron chi connectivity index (χ2n) is 8.06. The van der Waals surface area contributed by atoms with Gasteiger partial charge in [0.1, 0.15) is 5.82 Å². The van der Waals surface area contributed by atoms with Crippen LogP contribution >= 0.6 is 24.0 Å². The number of carbonyl (C=O) groups excluding carboxylic acids is 1. The number of hydrogen-bond donors (Lipinski definition) is 2. The van der Waals surface area contributed by atoms with E-state index in [1.807, 2.05) is 26.1 Å². The molecule has 2 heterocycles. The molecule has 2 saturated heterocycles. The van der Waals surface area contributed by atoms with Crippen LogP contribution in [-0.2, 0) is 11.3 Å². The number of amides is 1. The highest BCUT2D eigenvalue weighted by molar-refractivity contribution is 14.0. The molecule has 1 aromatic rings. The van der Waals surface area contributed by atoms with Gasteiger partial charge in [-0.1, -0.05) is 13.0 Å². The summed E-state index contributed by atoms with van der Waals surface area (Å²) in [6.07, 6.45) is 1.34. The Morgan fingerprint density at radius 1 is 1.23 bits per heavy atom. The molecule has 174 valence electrons. The Bertz CT molecular complexity index is 754. The van der Waals surface area contributed by atoms with Crippen molar-refractivity contribution in [3.05, 3.63) is 29.6 Å². The van der Waals surface area contributed by atoms with E-state index >= 15 is 0 Å². The highest BCUT2D eigenvalue weighted by atomic mass is 127. The molecule has 2 aliphatic rings. The first kappa shape index (κ1) is 25.6. The molecule has 7 nitrogen and oxygen atoms in total. The Labute approximate surface area is 202 Å². The minimum absolute atomic E-state index is 0. The van der Waals surface area contributed by atoms with Crippen molar-refractivity contribution >= 4 is 41.5 Å². The summed E-state index contributed by atoms with van der Waals surface area (Å²) in [4.78, 5) is 22.6. The molecule has 2 N–H and O–H groups in total. The van der Waals surface area contributed by atoms with E-state index in [1.54, 1.807) is 11.0 Å². The van der Waals surface area contributed by atoms with Gasteiger partial charge in [0.15, 0.2) is 5.96 Å². The van der Waals surface area contributed by atoms with Crippen LogP contribution in [0.15, 0.2) is 23.2 Å². The normalized spacial score (nSPS) is 20.5. The average Bonchev–Trinajstić information content (AvgIpc) is 2.75. The van der Waals surface area contributed by atoms with Crippen molar-refractivity contribution in [1.29, 1.82) is 0 Å². The van der Waals surface area contributed by atoms with E-state index in [2.05, 4.69) is 32.3 Å². The number of guanidine groups is 1. The number of benzene rings is 1. The fourth-order valence-electron chi connectivity index (χ4n) is 4.02. The topological polar surface area (TPSA) is 63.2 Å². The lowest BCUT2D eigenvalue weighted by Crippen LogP contribution is -2.51. The van der Waals surface area contributed by atoms with E-state index in [0.29, 0.717) is 31.2 Å². The van der Waals surface area contributed by atoms with Crippen molar-refractivity contribution in [3.63, 3.8) is 0 Å². The van der Waals surface area contributed by atoms with Crippen LogP contribution in [0.3, 0.4) is 0 Å². The minimum Gasteiger partial charge on any atom is -0.367 e. The minimum atomic E-state index is -0.182. The summed E-state index contributed by atoms with van der Waals surface area (Å²) in [6.45, 7) is 10.7. The second kappa shape index (κ2) is 12.4. The van der Waals surface area contributed by atoms with Gasteiger partial charge >= 0.3 is 0 Å². The van der Waals surface area contributed by atoms with Crippen LogP contribution in [0.5, 0.6) is 0 Å². The van der Waals surface area contributed by atoms with E-state index in [1.165, 1.54) is 0 Å². The molecule has 0 bridgehead atoms. The Hall–Kier alpha value is -1.62. The van der Waals surface area contributed by atoms with E-state index in [9.17, 15) is 9.18 Å². The lowest BCUT2D eigenvalue weighted by atomic mass is 10.1. The predicted molar refractivity (Wildman–Crippen MR) is 135 cm³/mol. The SMILES string of the molecule is CCNC(=NCc1ccc(N2CCN(CC)CC2)c(F)c1)NC1CCC(=O)N(C)C1.I. The Kier molecular flexibility index (Phi) is 10.3. The van der Waals surface area contributed by atoms with E-state index in [0.717, 1.165) is 51.3 Å². The summed E-state index contributed by atoms with van der Waals surface area (Å²) >= 11 is 0. The first-order valence-electron chi connectivity index (χ1n) is 11.0.